The molecule has 0 atom stereocenters. The quantitative estimate of drug-likeness (QED) is 0.0809. The molecule has 0 amide bonds. The summed E-state index contributed by atoms with van der Waals surface area (Å²) >= 11 is 0. The molecule has 13 heteroatoms. The zero-order valence-electron chi connectivity index (χ0n) is 36.3. The fourth-order valence-corrected chi connectivity index (χ4v) is 8.47. The number of benzene rings is 8. The van der Waals surface area contributed by atoms with E-state index in [0.29, 0.717) is 33.4 Å². The van der Waals surface area contributed by atoms with E-state index in [1.807, 2.05) is 0 Å². The first-order valence-electron chi connectivity index (χ1n) is 20.2. The van der Waals surface area contributed by atoms with E-state index in [9.17, 15) is 52.7 Å². The first-order valence-corrected chi connectivity index (χ1v) is 20.2. The molecule has 0 fully saturated rings. The molecule has 0 aromatic heterocycles. The van der Waals surface area contributed by atoms with Gasteiger partial charge in [-0.1, -0.05) is 182 Å². The Morgan fingerprint density at radius 1 is 0.194 bits per heavy atom. The molecular weight excluding hydrogens is 900 g/mol. The molecule has 0 nitrogen and oxygen atoms in total. The number of alkyl halides is 12. The van der Waals surface area contributed by atoms with Crippen LogP contribution in [0.1, 0.15) is 68.2 Å². The van der Waals surface area contributed by atoms with Gasteiger partial charge in [0.15, 0.2) is 0 Å². The second-order valence-corrected chi connectivity index (χ2v) is 15.3. The molecule has 0 aliphatic carbocycles. The van der Waals surface area contributed by atoms with Gasteiger partial charge in [-0.25, -0.2) is 0 Å². The van der Waals surface area contributed by atoms with Gasteiger partial charge >= 0.3 is 55.7 Å². The van der Waals surface area contributed by atoms with Gasteiger partial charge < -0.3 is 0 Å². The van der Waals surface area contributed by atoms with E-state index in [1.165, 1.54) is 0 Å². The van der Waals surface area contributed by atoms with Gasteiger partial charge in [0.05, 0.1) is 33.1 Å². The number of rotatable bonds is 8. The van der Waals surface area contributed by atoms with E-state index in [4.69, 9.17) is 0 Å². The van der Waals surface area contributed by atoms with Crippen LogP contribution in [0.15, 0.2) is 218 Å². The number of hydrogen-bond acceptors (Lipinski definition) is 0. The zero-order valence-corrected chi connectivity index (χ0v) is 37.3. The van der Waals surface area contributed by atoms with Gasteiger partial charge in [0.1, 0.15) is 0 Å². The smallest absolute Gasteiger partial charge is 0.166 e. The van der Waals surface area contributed by atoms with E-state index < -0.39 is 57.8 Å². The van der Waals surface area contributed by atoms with Crippen LogP contribution in [0.4, 0.5) is 52.7 Å². The average Bonchev–Trinajstić information content (AvgIpc) is 3.31. The first-order chi connectivity index (χ1) is 31.3. The molecule has 0 saturated heterocycles. The van der Waals surface area contributed by atoms with Crippen molar-refractivity contribution in [3.8, 4) is 0 Å². The summed E-state index contributed by atoms with van der Waals surface area (Å²) in [5.41, 5.74) is -5.14. The Labute approximate surface area is 402 Å². The first kappa shape index (κ1) is 50.3. The molecule has 0 radical (unpaired) electrons. The van der Waals surface area contributed by atoms with Gasteiger partial charge in [-0.3, -0.25) is 0 Å². The Morgan fingerprint density at radius 2 is 0.328 bits per heavy atom. The van der Waals surface area contributed by atoms with Crippen LogP contribution >= 0.6 is 0 Å². The van der Waals surface area contributed by atoms with Crippen molar-refractivity contribution in [3.63, 3.8) is 0 Å². The Balaban J connectivity index is 0.000000247. The molecule has 8 aromatic rings. The van der Waals surface area contributed by atoms with Crippen molar-refractivity contribution in [2.75, 3.05) is 0 Å². The van der Waals surface area contributed by atoms with Gasteiger partial charge in [-0.2, -0.15) is 52.7 Å². The van der Waals surface area contributed by atoms with Crippen LogP contribution in [0.25, 0.3) is 0 Å². The summed E-state index contributed by atoms with van der Waals surface area (Å²) in [4.78, 5) is 0. The maximum absolute atomic E-state index is 13.8. The van der Waals surface area contributed by atoms with Crippen molar-refractivity contribution < 1.29 is 83.7 Å². The number of hydrogen-bond donors (Lipinski definition) is 0. The molecule has 67 heavy (non-hydrogen) atoms. The van der Waals surface area contributed by atoms with Crippen LogP contribution in [0.3, 0.4) is 0 Å². The summed E-state index contributed by atoms with van der Waals surface area (Å²) in [6, 6.07) is 55.3. The Bertz CT molecular complexity index is 2380. The van der Waals surface area contributed by atoms with Gasteiger partial charge in [0, 0.05) is 0 Å². The topological polar surface area (TPSA) is 0 Å². The third-order valence-electron chi connectivity index (χ3n) is 11.3. The van der Waals surface area contributed by atoms with Crippen molar-refractivity contribution >= 4 is 0 Å². The minimum atomic E-state index is -4.95. The minimum absolute atomic E-state index is 0. The molecule has 0 saturated carbocycles. The molecule has 336 valence electrons. The van der Waals surface area contributed by atoms with Gasteiger partial charge in [-0.05, 0) is 80.9 Å². The second kappa shape index (κ2) is 20.0. The molecule has 0 spiro atoms. The Kier molecular flexibility index (Phi) is 15.0. The predicted octanol–water partition coefficient (Wildman–Crippen LogP) is 13.3. The third-order valence-corrected chi connectivity index (χ3v) is 11.3. The van der Waals surface area contributed by atoms with Crippen molar-refractivity contribution in [2.24, 2.45) is 0 Å². The summed E-state index contributed by atoms with van der Waals surface area (Å²) in [6.45, 7) is 0. The summed E-state index contributed by atoms with van der Waals surface area (Å²) in [6.07, 6.45) is -19.8. The summed E-state index contributed by atoms with van der Waals surface area (Å²) < 4.78 is 165. The summed E-state index contributed by atoms with van der Waals surface area (Å²) in [5, 5.41) is 0. The van der Waals surface area contributed by atoms with Gasteiger partial charge in [0.2, 0.25) is 0 Å². The van der Waals surface area contributed by atoms with E-state index in [0.717, 1.165) is 24.3 Å². The largest absolute Gasteiger partial charge is 1.00 e. The number of halogens is 12. The van der Waals surface area contributed by atoms with Gasteiger partial charge in [-0.15, -0.1) is 0 Å². The fourth-order valence-electron chi connectivity index (χ4n) is 8.47. The van der Waals surface area contributed by atoms with Gasteiger partial charge in [0.25, 0.3) is 0 Å². The SMILES string of the molecule is FC(F)(F)c1cc(C(F)(F)F)cc(C(c2ccccc2)(c2ccccc2)c2ccccc2)c1.FC(F)(F)c1cc(C(F)(F)F)cc(C(c2ccccc2)(c2ccccc2)c2ccccc2)c1.[H+].[Na+]. The van der Waals surface area contributed by atoms with Crippen LogP contribution in [-0.2, 0) is 35.5 Å². The van der Waals surface area contributed by atoms with Crippen molar-refractivity contribution in [1.29, 1.82) is 0 Å². The molecule has 0 aliphatic heterocycles. The standard InChI is InChI=1S/2C27H18F6.Na/c2*28-26(29,30)23-16-22(17-24(18-23)27(31,32)33)25(19-10-4-1-5-11-19,20-12-6-2-7-13-20)21-14-8-3-9-15-21;/h2*1-18H;/q;;+1/p+1. The van der Waals surface area contributed by atoms with Crippen LogP contribution < -0.4 is 29.6 Å². The second-order valence-electron chi connectivity index (χ2n) is 15.3. The third kappa shape index (κ3) is 10.6. The van der Waals surface area contributed by atoms with E-state index in [-0.39, 0.29) is 54.2 Å². The van der Waals surface area contributed by atoms with Crippen molar-refractivity contribution in [1.82, 2.24) is 0 Å². The van der Waals surface area contributed by atoms with Crippen molar-refractivity contribution in [3.05, 3.63) is 285 Å². The zero-order chi connectivity index (χ0) is 47.4. The van der Waals surface area contributed by atoms with E-state index in [2.05, 4.69) is 0 Å². The normalized spacial score (nSPS) is 12.4. The fraction of sp³-hybridized carbons (Fsp3) is 0.111. The summed E-state index contributed by atoms with van der Waals surface area (Å²) in [5.74, 6) is 0. The van der Waals surface area contributed by atoms with Crippen LogP contribution in [-0.4, -0.2) is 0 Å². The minimum Gasteiger partial charge on any atom is -0.166 e. The Morgan fingerprint density at radius 3 is 0.463 bits per heavy atom. The molecule has 0 bridgehead atoms. The van der Waals surface area contributed by atoms with Crippen LogP contribution in [0, 0.1) is 0 Å². The maximum Gasteiger partial charge on any atom is 1.00 e. The predicted molar refractivity (Wildman–Crippen MR) is 231 cm³/mol. The molecule has 8 aromatic carbocycles. The monoisotopic (exact) mass is 936 g/mol. The molecule has 0 heterocycles. The Hall–Kier alpha value is -6.08. The summed E-state index contributed by atoms with van der Waals surface area (Å²) in [7, 11) is 0. The average molecular weight is 937 g/mol. The molecule has 0 aliphatic rings. The van der Waals surface area contributed by atoms with Crippen molar-refractivity contribution in [2.45, 2.75) is 35.5 Å². The molecule has 0 unspecified atom stereocenters. The molecular formula is C54H37F12Na+2. The maximum atomic E-state index is 13.8. The van der Waals surface area contributed by atoms with E-state index in [1.54, 1.807) is 182 Å². The van der Waals surface area contributed by atoms with E-state index >= 15 is 0 Å². The molecule has 0 N–H and O–H groups in total. The molecule has 8 rings (SSSR count). The van der Waals surface area contributed by atoms with Crippen LogP contribution in [0.2, 0.25) is 0 Å². The van der Waals surface area contributed by atoms with Crippen LogP contribution in [0.5, 0.6) is 0 Å².